The molecule has 9 nitrogen and oxygen atoms in total. The fourth-order valence-corrected chi connectivity index (χ4v) is 9.20. The highest BCUT2D eigenvalue weighted by Gasteiger charge is 2.26. The molecule has 0 heterocycles. The number of phosphoric ester groups is 1. The molecule has 0 saturated heterocycles. The lowest BCUT2D eigenvalue weighted by Gasteiger charge is -2.19. The van der Waals surface area contributed by atoms with E-state index in [0.29, 0.717) is 6.42 Å². The van der Waals surface area contributed by atoms with Gasteiger partial charge in [0, 0.05) is 19.4 Å². The molecular weight excluding hydrogens is 954 g/mol. The van der Waals surface area contributed by atoms with E-state index in [9.17, 15) is 19.0 Å². The molecule has 0 aliphatic heterocycles. The zero-order valence-corrected chi connectivity index (χ0v) is 49.2. The van der Waals surface area contributed by atoms with Crippen LogP contribution in [0, 0.1) is 0 Å². The first-order valence-electron chi connectivity index (χ1n) is 30.7. The molecule has 2 unspecified atom stereocenters. The van der Waals surface area contributed by atoms with Crippen molar-refractivity contribution >= 4 is 19.8 Å². The molecule has 0 amide bonds. The van der Waals surface area contributed by atoms with Crippen molar-refractivity contribution < 1.29 is 37.6 Å². The number of allylic oxidation sites excluding steroid dienone is 16. The number of rotatable bonds is 57. The normalized spacial score (nSPS) is 13.7. The van der Waals surface area contributed by atoms with Gasteiger partial charge in [-0.1, -0.05) is 259 Å². The Kier molecular flexibility index (Phi) is 57.7. The molecule has 0 rings (SSSR count). The quantitative estimate of drug-likeness (QED) is 0.0264. The molecule has 75 heavy (non-hydrogen) atoms. The van der Waals surface area contributed by atoms with Crippen LogP contribution in [0.4, 0.5) is 0 Å². The number of unbranched alkanes of at least 4 members (excludes halogenated alkanes) is 28. The van der Waals surface area contributed by atoms with Gasteiger partial charge >= 0.3 is 19.8 Å². The molecule has 0 aliphatic carbocycles. The van der Waals surface area contributed by atoms with Crippen molar-refractivity contribution in [3.8, 4) is 0 Å². The Morgan fingerprint density at radius 1 is 0.413 bits per heavy atom. The predicted molar refractivity (Wildman–Crippen MR) is 321 cm³/mol. The van der Waals surface area contributed by atoms with Gasteiger partial charge in [-0.15, -0.1) is 0 Å². The lowest BCUT2D eigenvalue weighted by Crippen LogP contribution is -2.29. The summed E-state index contributed by atoms with van der Waals surface area (Å²) in [4.78, 5) is 35.2. The van der Waals surface area contributed by atoms with Crippen LogP contribution in [-0.4, -0.2) is 49.3 Å². The zero-order chi connectivity index (χ0) is 54.5. The maximum Gasteiger partial charge on any atom is 0.472 e. The number of phosphoric acid groups is 1. The molecule has 0 radical (unpaired) electrons. The molecule has 10 heteroatoms. The van der Waals surface area contributed by atoms with Crippen molar-refractivity contribution in [2.75, 3.05) is 26.4 Å². The molecular formula is C65H114NO8P. The van der Waals surface area contributed by atoms with Crippen LogP contribution in [0.15, 0.2) is 97.2 Å². The van der Waals surface area contributed by atoms with E-state index in [-0.39, 0.29) is 38.6 Å². The fraction of sp³-hybridized carbons (Fsp3) is 0.723. The zero-order valence-electron chi connectivity index (χ0n) is 48.3. The van der Waals surface area contributed by atoms with Gasteiger partial charge in [-0.2, -0.15) is 0 Å². The molecule has 0 aliphatic rings. The largest absolute Gasteiger partial charge is 0.472 e. The SMILES string of the molecule is CC/C=C\C/C=C\C/C=C\C/C=C\C/C=C\C/C=C\C/C=C\CCCCCCCCCCCCCC(=O)OC(COC(=O)CCCCCCCCCCC/C=C\CCCCCCCCCC)COP(=O)(O)OCCN. The van der Waals surface area contributed by atoms with Gasteiger partial charge in [-0.05, 0) is 96.3 Å². The summed E-state index contributed by atoms with van der Waals surface area (Å²) >= 11 is 0. The number of nitrogens with two attached hydrogens (primary N) is 1. The summed E-state index contributed by atoms with van der Waals surface area (Å²) < 4.78 is 33.1. The average Bonchev–Trinajstić information content (AvgIpc) is 3.40. The van der Waals surface area contributed by atoms with E-state index in [0.717, 1.165) is 89.9 Å². The van der Waals surface area contributed by atoms with E-state index >= 15 is 0 Å². The second kappa shape index (κ2) is 60.2. The van der Waals surface area contributed by atoms with Crippen molar-refractivity contribution in [1.82, 2.24) is 0 Å². The third kappa shape index (κ3) is 60.0. The second-order valence-corrected chi connectivity index (χ2v) is 21.6. The lowest BCUT2D eigenvalue weighted by atomic mass is 10.0. The fourth-order valence-electron chi connectivity index (χ4n) is 8.44. The molecule has 2 atom stereocenters. The van der Waals surface area contributed by atoms with Gasteiger partial charge in [0.1, 0.15) is 6.61 Å². The van der Waals surface area contributed by atoms with Gasteiger partial charge in [-0.3, -0.25) is 18.6 Å². The summed E-state index contributed by atoms with van der Waals surface area (Å²) in [5.41, 5.74) is 5.39. The molecule has 0 spiro atoms. The molecule has 0 aromatic heterocycles. The average molecular weight is 1070 g/mol. The summed E-state index contributed by atoms with van der Waals surface area (Å²) in [5, 5.41) is 0. The van der Waals surface area contributed by atoms with Crippen molar-refractivity contribution in [2.45, 2.75) is 277 Å². The highest BCUT2D eigenvalue weighted by atomic mass is 31.2. The van der Waals surface area contributed by atoms with Crippen LogP contribution < -0.4 is 5.73 Å². The van der Waals surface area contributed by atoms with Crippen LogP contribution in [0.3, 0.4) is 0 Å². The molecule has 432 valence electrons. The Morgan fingerprint density at radius 2 is 0.733 bits per heavy atom. The van der Waals surface area contributed by atoms with E-state index in [1.54, 1.807) is 0 Å². The number of carbonyl (C=O) groups is 2. The topological polar surface area (TPSA) is 134 Å². The van der Waals surface area contributed by atoms with Crippen molar-refractivity contribution in [3.63, 3.8) is 0 Å². The Morgan fingerprint density at radius 3 is 1.11 bits per heavy atom. The maximum absolute atomic E-state index is 12.7. The van der Waals surface area contributed by atoms with Crippen molar-refractivity contribution in [2.24, 2.45) is 5.73 Å². The maximum atomic E-state index is 12.7. The van der Waals surface area contributed by atoms with E-state index in [1.165, 1.54) is 148 Å². The standard InChI is InChI=1S/C65H114NO8P/c1-3-5-7-9-11-13-15-17-19-21-23-25-26-27-28-29-30-31-32-33-34-35-36-38-40-42-44-46-48-50-52-54-56-58-65(68)74-63(62-73-75(69,70)72-60-59-66)61-71-64(67)57-55-53-51-49-47-45-43-41-39-37-24-22-20-18-16-14-12-10-8-6-4-2/h5,7,11,13,17,19,22-25,27-28,30-31,33-34,63H,3-4,6,8-10,12,14-16,18,20-21,26,29,32,35-62,66H2,1-2H3,(H,69,70)/b7-5-,13-11-,19-17-,24-22-,25-23-,28-27-,31-30-,34-33-. The first kappa shape index (κ1) is 71.9. The molecule has 0 saturated carbocycles. The monoisotopic (exact) mass is 1070 g/mol. The molecule has 0 fully saturated rings. The van der Waals surface area contributed by atoms with Crippen molar-refractivity contribution in [3.05, 3.63) is 97.2 Å². The van der Waals surface area contributed by atoms with E-state index in [1.807, 2.05) is 0 Å². The van der Waals surface area contributed by atoms with E-state index in [4.69, 9.17) is 24.3 Å². The van der Waals surface area contributed by atoms with Gasteiger partial charge in [0.05, 0.1) is 13.2 Å². The van der Waals surface area contributed by atoms with E-state index in [2.05, 4.69) is 111 Å². The third-order valence-electron chi connectivity index (χ3n) is 13.0. The predicted octanol–water partition coefficient (Wildman–Crippen LogP) is 19.6. The van der Waals surface area contributed by atoms with Gasteiger partial charge in [0.15, 0.2) is 6.10 Å². The van der Waals surface area contributed by atoms with Gasteiger partial charge in [0.25, 0.3) is 0 Å². The summed E-state index contributed by atoms with van der Waals surface area (Å²) in [7, 11) is -4.39. The highest BCUT2D eigenvalue weighted by Crippen LogP contribution is 2.43. The minimum Gasteiger partial charge on any atom is -0.462 e. The highest BCUT2D eigenvalue weighted by molar-refractivity contribution is 7.47. The Balaban J connectivity index is 3.97. The number of hydrogen-bond donors (Lipinski definition) is 2. The number of ether oxygens (including phenoxy) is 2. The first-order valence-corrected chi connectivity index (χ1v) is 32.2. The van der Waals surface area contributed by atoms with Crippen LogP contribution in [0.2, 0.25) is 0 Å². The van der Waals surface area contributed by atoms with Gasteiger partial charge in [0.2, 0.25) is 0 Å². The summed E-state index contributed by atoms with van der Waals surface area (Å²) in [6.45, 7) is 3.64. The van der Waals surface area contributed by atoms with Gasteiger partial charge in [-0.25, -0.2) is 4.57 Å². The Bertz CT molecular complexity index is 1550. The second-order valence-electron chi connectivity index (χ2n) is 20.2. The summed E-state index contributed by atoms with van der Waals surface area (Å²) in [5.74, 6) is -0.831. The Labute approximate surface area is 461 Å². The first-order chi connectivity index (χ1) is 36.8. The minimum atomic E-state index is -4.39. The van der Waals surface area contributed by atoms with Crippen molar-refractivity contribution in [1.29, 1.82) is 0 Å². The molecule has 3 N–H and O–H groups in total. The number of esters is 2. The van der Waals surface area contributed by atoms with Crippen LogP contribution in [0.25, 0.3) is 0 Å². The summed E-state index contributed by atoms with van der Waals surface area (Å²) in [6, 6.07) is 0. The molecule has 0 bridgehead atoms. The van der Waals surface area contributed by atoms with Crippen LogP contribution in [0.1, 0.15) is 271 Å². The smallest absolute Gasteiger partial charge is 0.462 e. The Hall–Kier alpha value is -3.07. The summed E-state index contributed by atoms with van der Waals surface area (Å²) in [6.07, 6.45) is 80.4. The van der Waals surface area contributed by atoms with Crippen LogP contribution >= 0.6 is 7.82 Å². The number of hydrogen-bond acceptors (Lipinski definition) is 8. The van der Waals surface area contributed by atoms with Crippen LogP contribution in [-0.2, 0) is 32.7 Å². The lowest BCUT2D eigenvalue weighted by molar-refractivity contribution is -0.161. The molecule has 0 aromatic carbocycles. The van der Waals surface area contributed by atoms with Gasteiger partial charge < -0.3 is 20.1 Å². The van der Waals surface area contributed by atoms with E-state index < -0.39 is 26.5 Å². The minimum absolute atomic E-state index is 0.0494. The van der Waals surface area contributed by atoms with Crippen LogP contribution in [0.5, 0.6) is 0 Å². The molecule has 0 aromatic rings. The number of carbonyl (C=O) groups excluding carboxylic acids is 2. The third-order valence-corrected chi connectivity index (χ3v) is 13.9.